The van der Waals surface area contributed by atoms with Gasteiger partial charge in [0, 0.05) is 37.6 Å². The third kappa shape index (κ3) is 3.01. The van der Waals surface area contributed by atoms with E-state index >= 15 is 0 Å². The molecule has 29 heavy (non-hydrogen) atoms. The fourth-order valence-corrected chi connectivity index (χ4v) is 4.36. The Morgan fingerprint density at radius 3 is 2.52 bits per heavy atom. The van der Waals surface area contributed by atoms with Crippen LogP contribution in [0.25, 0.3) is 5.82 Å². The van der Waals surface area contributed by atoms with Gasteiger partial charge in [0.2, 0.25) is 0 Å². The minimum absolute atomic E-state index is 0.0385. The molecule has 2 bridgehead atoms. The number of likely N-dealkylation sites (tertiary alicyclic amines) is 1. The molecule has 2 unspecified atom stereocenters. The van der Waals surface area contributed by atoms with Crippen LogP contribution in [0.1, 0.15) is 28.9 Å². The van der Waals surface area contributed by atoms with Crippen molar-refractivity contribution in [3.05, 3.63) is 66.2 Å². The SMILES string of the molecule is N#Cc1ccnc(N2C3CCC2CN(C(=O)c2ccnn2-c2ccccn2)C3)c1. The predicted molar refractivity (Wildman–Crippen MR) is 106 cm³/mol. The second kappa shape index (κ2) is 7.02. The zero-order valence-corrected chi connectivity index (χ0v) is 15.7. The maximum Gasteiger partial charge on any atom is 0.272 e. The Hall–Kier alpha value is -3.73. The van der Waals surface area contributed by atoms with Gasteiger partial charge >= 0.3 is 0 Å². The summed E-state index contributed by atoms with van der Waals surface area (Å²) in [5.41, 5.74) is 1.12. The highest BCUT2D eigenvalue weighted by molar-refractivity contribution is 5.93. The molecule has 5 rings (SSSR count). The molecule has 0 radical (unpaired) electrons. The summed E-state index contributed by atoms with van der Waals surface area (Å²) in [6.07, 6.45) is 7.01. The van der Waals surface area contributed by atoms with Crippen LogP contribution in [0, 0.1) is 11.3 Å². The number of amides is 1. The molecular weight excluding hydrogens is 366 g/mol. The molecule has 0 saturated carbocycles. The molecular formula is C21H19N7O. The van der Waals surface area contributed by atoms with Crippen LogP contribution >= 0.6 is 0 Å². The quantitative estimate of drug-likeness (QED) is 0.685. The molecule has 0 aromatic carbocycles. The van der Waals surface area contributed by atoms with Crippen molar-refractivity contribution in [3.8, 4) is 11.9 Å². The van der Waals surface area contributed by atoms with E-state index in [-0.39, 0.29) is 18.0 Å². The lowest BCUT2D eigenvalue weighted by molar-refractivity contribution is 0.0708. The van der Waals surface area contributed by atoms with E-state index < -0.39 is 0 Å². The molecule has 8 heteroatoms. The molecule has 0 aliphatic carbocycles. The smallest absolute Gasteiger partial charge is 0.272 e. The average Bonchev–Trinajstić information content (AvgIpc) is 3.36. The summed E-state index contributed by atoms with van der Waals surface area (Å²) in [7, 11) is 0. The van der Waals surface area contributed by atoms with Gasteiger partial charge in [-0.25, -0.2) is 14.6 Å². The molecule has 2 atom stereocenters. The van der Waals surface area contributed by atoms with E-state index in [9.17, 15) is 10.1 Å². The number of pyridine rings is 2. The van der Waals surface area contributed by atoms with E-state index in [1.54, 1.807) is 35.4 Å². The number of carbonyl (C=O) groups is 1. The predicted octanol–water partition coefficient (Wildman–Crippen LogP) is 2.03. The van der Waals surface area contributed by atoms with Crippen molar-refractivity contribution in [2.45, 2.75) is 24.9 Å². The summed E-state index contributed by atoms with van der Waals surface area (Å²) in [5.74, 6) is 1.41. The third-order valence-corrected chi connectivity index (χ3v) is 5.64. The normalized spacial score (nSPS) is 20.5. The van der Waals surface area contributed by atoms with E-state index in [0.717, 1.165) is 18.7 Å². The number of nitriles is 1. The highest BCUT2D eigenvalue weighted by atomic mass is 16.2. The maximum absolute atomic E-state index is 13.3. The molecule has 2 saturated heterocycles. The molecule has 5 heterocycles. The summed E-state index contributed by atoms with van der Waals surface area (Å²) in [5, 5.41) is 13.5. The monoisotopic (exact) mass is 385 g/mol. The summed E-state index contributed by atoms with van der Waals surface area (Å²) in [6.45, 7) is 1.25. The van der Waals surface area contributed by atoms with Crippen molar-refractivity contribution in [2.24, 2.45) is 0 Å². The Morgan fingerprint density at radius 2 is 1.79 bits per heavy atom. The van der Waals surface area contributed by atoms with E-state index in [4.69, 9.17) is 0 Å². The van der Waals surface area contributed by atoms with E-state index in [2.05, 4.69) is 26.0 Å². The number of aromatic nitrogens is 4. The molecule has 3 aromatic heterocycles. The number of piperazine rings is 1. The van der Waals surface area contributed by atoms with Crippen molar-refractivity contribution in [1.82, 2.24) is 24.6 Å². The zero-order chi connectivity index (χ0) is 19.8. The fourth-order valence-electron chi connectivity index (χ4n) is 4.36. The average molecular weight is 385 g/mol. The molecule has 8 nitrogen and oxygen atoms in total. The Kier molecular flexibility index (Phi) is 4.21. The van der Waals surface area contributed by atoms with Crippen LogP contribution in [0.5, 0.6) is 0 Å². The van der Waals surface area contributed by atoms with Gasteiger partial charge in [-0.1, -0.05) is 6.07 Å². The summed E-state index contributed by atoms with van der Waals surface area (Å²) in [4.78, 5) is 26.2. The lowest BCUT2D eigenvalue weighted by Crippen LogP contribution is -2.56. The highest BCUT2D eigenvalue weighted by Crippen LogP contribution is 2.34. The standard InChI is InChI=1S/C21H19N7O/c22-12-15-6-9-24-20(11-15)27-16-4-5-17(27)14-26(13-16)21(29)18-7-10-25-28(18)19-3-1-2-8-23-19/h1-3,6-11,16-17H,4-5,13-14H2. The molecule has 3 aromatic rings. The van der Waals surface area contributed by atoms with Gasteiger partial charge in [-0.05, 0) is 43.2 Å². The largest absolute Gasteiger partial charge is 0.347 e. The minimum atomic E-state index is -0.0385. The second-order valence-corrected chi connectivity index (χ2v) is 7.33. The van der Waals surface area contributed by atoms with Crippen LogP contribution in [0.4, 0.5) is 5.82 Å². The number of rotatable bonds is 3. The number of carbonyl (C=O) groups excluding carboxylic acids is 1. The van der Waals surface area contributed by atoms with Crippen LogP contribution in [0.3, 0.4) is 0 Å². The highest BCUT2D eigenvalue weighted by Gasteiger charge is 2.42. The van der Waals surface area contributed by atoms with Gasteiger partial charge in [-0.15, -0.1) is 0 Å². The first-order chi connectivity index (χ1) is 14.2. The van der Waals surface area contributed by atoms with E-state index in [1.165, 1.54) is 0 Å². The van der Waals surface area contributed by atoms with Gasteiger partial charge in [0.05, 0.1) is 17.8 Å². The van der Waals surface area contributed by atoms with Gasteiger partial charge < -0.3 is 9.80 Å². The molecule has 0 N–H and O–H groups in total. The summed E-state index contributed by atoms with van der Waals surface area (Å²) < 4.78 is 1.59. The van der Waals surface area contributed by atoms with Crippen LogP contribution < -0.4 is 4.90 Å². The lowest BCUT2D eigenvalue weighted by Gasteiger charge is -2.41. The molecule has 144 valence electrons. The first-order valence-electron chi connectivity index (χ1n) is 9.64. The van der Waals surface area contributed by atoms with Crippen molar-refractivity contribution in [2.75, 3.05) is 18.0 Å². The van der Waals surface area contributed by atoms with Crippen molar-refractivity contribution < 1.29 is 4.79 Å². The van der Waals surface area contributed by atoms with Gasteiger partial charge in [-0.3, -0.25) is 4.79 Å². The maximum atomic E-state index is 13.3. The minimum Gasteiger partial charge on any atom is -0.347 e. The van der Waals surface area contributed by atoms with Gasteiger partial charge in [0.25, 0.3) is 5.91 Å². The number of hydrogen-bond acceptors (Lipinski definition) is 6. The first kappa shape index (κ1) is 17.4. The van der Waals surface area contributed by atoms with E-state index in [0.29, 0.717) is 30.2 Å². The second-order valence-electron chi connectivity index (χ2n) is 7.33. The Balaban J connectivity index is 1.39. The van der Waals surface area contributed by atoms with Crippen molar-refractivity contribution in [1.29, 1.82) is 5.26 Å². The fraction of sp³-hybridized carbons (Fsp3) is 0.286. The van der Waals surface area contributed by atoms with Crippen LogP contribution in [0.15, 0.2) is 55.0 Å². The number of nitrogens with zero attached hydrogens (tertiary/aromatic N) is 7. The van der Waals surface area contributed by atoms with Gasteiger partial charge in [0.1, 0.15) is 11.5 Å². The van der Waals surface area contributed by atoms with Crippen molar-refractivity contribution in [3.63, 3.8) is 0 Å². The molecule has 2 fully saturated rings. The number of anilines is 1. The molecule has 2 aliphatic heterocycles. The number of fused-ring (bicyclic) bond motifs is 2. The topological polar surface area (TPSA) is 90.9 Å². The molecule has 1 amide bonds. The Labute approximate surface area is 168 Å². The lowest BCUT2D eigenvalue weighted by atomic mass is 10.1. The summed E-state index contributed by atoms with van der Waals surface area (Å²) >= 11 is 0. The molecule has 2 aliphatic rings. The first-order valence-corrected chi connectivity index (χ1v) is 9.64. The number of hydrogen-bond donors (Lipinski definition) is 0. The van der Waals surface area contributed by atoms with Gasteiger partial charge in [-0.2, -0.15) is 10.4 Å². The third-order valence-electron chi connectivity index (χ3n) is 5.64. The van der Waals surface area contributed by atoms with Crippen LogP contribution in [0.2, 0.25) is 0 Å². The van der Waals surface area contributed by atoms with E-state index in [1.807, 2.05) is 29.2 Å². The zero-order valence-electron chi connectivity index (χ0n) is 15.7. The van der Waals surface area contributed by atoms with Crippen molar-refractivity contribution >= 4 is 11.7 Å². The van der Waals surface area contributed by atoms with Gasteiger partial charge in [0.15, 0.2) is 5.82 Å². The molecule has 0 spiro atoms. The Bertz CT molecular complexity index is 1070. The summed E-state index contributed by atoms with van der Waals surface area (Å²) in [6, 6.07) is 13.4. The van der Waals surface area contributed by atoms with Crippen LogP contribution in [-0.2, 0) is 0 Å². The van der Waals surface area contributed by atoms with Crippen LogP contribution in [-0.4, -0.2) is 55.7 Å². The Morgan fingerprint density at radius 1 is 1.00 bits per heavy atom.